The molecule has 24 heavy (non-hydrogen) atoms. The first-order valence-electron chi connectivity index (χ1n) is 8.27. The maximum atomic E-state index is 5.85. The summed E-state index contributed by atoms with van der Waals surface area (Å²) in [5, 5.41) is 3.29. The summed E-state index contributed by atoms with van der Waals surface area (Å²) in [7, 11) is 0. The van der Waals surface area contributed by atoms with Crippen molar-refractivity contribution in [1.82, 2.24) is 9.97 Å². The highest BCUT2D eigenvalue weighted by molar-refractivity contribution is 9.10. The minimum absolute atomic E-state index is 0.0513. The average molecular weight is 394 g/mol. The Morgan fingerprint density at radius 3 is 2.29 bits per heavy atom. The van der Waals surface area contributed by atoms with Gasteiger partial charge >= 0.3 is 0 Å². The predicted molar refractivity (Wildman–Crippen MR) is 99.8 cm³/mol. The van der Waals surface area contributed by atoms with Gasteiger partial charge in [0.2, 0.25) is 5.95 Å². The van der Waals surface area contributed by atoms with Crippen molar-refractivity contribution < 1.29 is 9.47 Å². The molecule has 2 rings (SSSR count). The molecule has 5 nitrogen and oxygen atoms in total. The van der Waals surface area contributed by atoms with Gasteiger partial charge in [-0.05, 0) is 53.4 Å². The Morgan fingerprint density at radius 2 is 1.67 bits per heavy atom. The van der Waals surface area contributed by atoms with Gasteiger partial charge in [-0.3, -0.25) is 0 Å². The van der Waals surface area contributed by atoms with Crippen molar-refractivity contribution in [2.75, 3.05) is 18.5 Å². The molecule has 2 aromatic rings. The minimum atomic E-state index is 0.0513. The molecule has 0 aliphatic carbocycles. The van der Waals surface area contributed by atoms with Crippen LogP contribution in [0.15, 0.2) is 35.1 Å². The van der Waals surface area contributed by atoms with E-state index in [2.05, 4.69) is 52.0 Å². The molecule has 0 saturated heterocycles. The molecule has 0 saturated carbocycles. The number of aromatic nitrogens is 2. The Bertz CT molecular complexity index is 635. The third-order valence-electron chi connectivity index (χ3n) is 3.36. The summed E-state index contributed by atoms with van der Waals surface area (Å²) in [6.45, 7) is 7.60. The number of rotatable bonds is 9. The van der Waals surface area contributed by atoms with E-state index in [1.807, 2.05) is 18.2 Å². The van der Waals surface area contributed by atoms with Crippen LogP contribution in [0.3, 0.4) is 0 Å². The van der Waals surface area contributed by atoms with Gasteiger partial charge in [-0.15, -0.1) is 0 Å². The first-order valence-corrected chi connectivity index (χ1v) is 9.07. The maximum absolute atomic E-state index is 5.85. The molecule has 0 aliphatic rings. The zero-order chi connectivity index (χ0) is 17.4. The average Bonchev–Trinajstić information content (AvgIpc) is 2.60. The second kappa shape index (κ2) is 9.47. The molecule has 0 radical (unpaired) electrons. The molecule has 0 aliphatic heterocycles. The molecule has 0 spiro atoms. The van der Waals surface area contributed by atoms with E-state index in [0.717, 1.165) is 34.4 Å². The smallest absolute Gasteiger partial charge is 0.223 e. The Hall–Kier alpha value is -1.82. The highest BCUT2D eigenvalue weighted by Gasteiger charge is 2.12. The lowest BCUT2D eigenvalue weighted by Gasteiger charge is -2.18. The fourth-order valence-corrected chi connectivity index (χ4v) is 2.32. The van der Waals surface area contributed by atoms with Crippen molar-refractivity contribution in [2.24, 2.45) is 0 Å². The maximum Gasteiger partial charge on any atom is 0.223 e. The van der Waals surface area contributed by atoms with E-state index in [9.17, 15) is 0 Å². The first-order chi connectivity index (χ1) is 11.6. The predicted octanol–water partition coefficient (Wildman–Crippen LogP) is 4.99. The van der Waals surface area contributed by atoms with Crippen LogP contribution in [0.25, 0.3) is 0 Å². The van der Waals surface area contributed by atoms with Crippen LogP contribution in [-0.2, 0) is 0 Å². The zero-order valence-corrected chi connectivity index (χ0v) is 16.0. The summed E-state index contributed by atoms with van der Waals surface area (Å²) in [5.74, 6) is 2.17. The van der Waals surface area contributed by atoms with E-state index in [4.69, 9.17) is 9.47 Å². The first kappa shape index (κ1) is 18.5. The number of benzene rings is 1. The van der Waals surface area contributed by atoms with Crippen LogP contribution >= 0.6 is 15.9 Å². The van der Waals surface area contributed by atoms with E-state index < -0.39 is 0 Å². The molecule has 1 aromatic heterocycles. The molecule has 0 fully saturated rings. The number of nitrogens with one attached hydrogen (secondary N) is 1. The van der Waals surface area contributed by atoms with Crippen LogP contribution < -0.4 is 14.8 Å². The number of halogens is 1. The van der Waals surface area contributed by atoms with Gasteiger partial charge in [0.15, 0.2) is 11.5 Å². The summed E-state index contributed by atoms with van der Waals surface area (Å²) in [6, 6.07) is 6.09. The van der Waals surface area contributed by atoms with Crippen molar-refractivity contribution >= 4 is 21.9 Å². The van der Waals surface area contributed by atoms with Crippen molar-refractivity contribution in [2.45, 2.75) is 39.7 Å². The highest BCUT2D eigenvalue weighted by atomic mass is 79.9. The topological polar surface area (TPSA) is 56.3 Å². The molecule has 1 N–H and O–H groups in total. The normalized spacial score (nSPS) is 11.8. The second-order valence-electron chi connectivity index (χ2n) is 5.49. The van der Waals surface area contributed by atoms with Crippen LogP contribution in [-0.4, -0.2) is 23.2 Å². The van der Waals surface area contributed by atoms with E-state index in [1.54, 1.807) is 12.4 Å². The minimum Gasteiger partial charge on any atom is -0.490 e. The lowest BCUT2D eigenvalue weighted by atomic mass is 10.1. The Morgan fingerprint density at radius 1 is 1.04 bits per heavy atom. The van der Waals surface area contributed by atoms with Gasteiger partial charge in [0.1, 0.15) is 0 Å². The number of hydrogen-bond donors (Lipinski definition) is 1. The standard InChI is InChI=1S/C18H24BrN3O2/c1-4-8-23-16-7-6-14(10-17(16)24-9-5-2)13(3)22-18-20-11-15(19)12-21-18/h6-7,10-13H,4-5,8-9H2,1-3H3,(H,20,21,22). The zero-order valence-electron chi connectivity index (χ0n) is 14.4. The van der Waals surface area contributed by atoms with E-state index in [0.29, 0.717) is 19.2 Å². The molecule has 6 heteroatoms. The molecule has 1 aromatic carbocycles. The summed E-state index contributed by atoms with van der Waals surface area (Å²) < 4.78 is 12.5. The summed E-state index contributed by atoms with van der Waals surface area (Å²) >= 11 is 3.34. The van der Waals surface area contributed by atoms with Gasteiger partial charge in [-0.2, -0.15) is 0 Å². The third-order valence-corrected chi connectivity index (χ3v) is 3.77. The summed E-state index contributed by atoms with van der Waals surface area (Å²) in [4.78, 5) is 8.50. The van der Waals surface area contributed by atoms with E-state index in [1.165, 1.54) is 0 Å². The second-order valence-corrected chi connectivity index (χ2v) is 6.41. The van der Waals surface area contributed by atoms with Crippen molar-refractivity contribution in [1.29, 1.82) is 0 Å². The van der Waals surface area contributed by atoms with Crippen molar-refractivity contribution in [3.63, 3.8) is 0 Å². The lowest BCUT2D eigenvalue weighted by molar-refractivity contribution is 0.268. The van der Waals surface area contributed by atoms with Gasteiger partial charge < -0.3 is 14.8 Å². The highest BCUT2D eigenvalue weighted by Crippen LogP contribution is 2.31. The SMILES string of the molecule is CCCOc1ccc(C(C)Nc2ncc(Br)cn2)cc1OCCC. The number of hydrogen-bond acceptors (Lipinski definition) is 5. The summed E-state index contributed by atoms with van der Waals surface area (Å²) in [6.07, 6.45) is 5.37. The van der Waals surface area contributed by atoms with Gasteiger partial charge in [-0.1, -0.05) is 19.9 Å². The van der Waals surface area contributed by atoms with Crippen LogP contribution in [0.1, 0.15) is 45.2 Å². The molecular formula is C18H24BrN3O2. The Labute approximate surface area is 151 Å². The van der Waals surface area contributed by atoms with Crippen LogP contribution in [0, 0.1) is 0 Å². The number of ether oxygens (including phenoxy) is 2. The summed E-state index contributed by atoms with van der Waals surface area (Å²) in [5.41, 5.74) is 1.09. The van der Waals surface area contributed by atoms with Gasteiger partial charge in [-0.25, -0.2) is 9.97 Å². The van der Waals surface area contributed by atoms with E-state index >= 15 is 0 Å². The molecule has 1 unspecified atom stereocenters. The third kappa shape index (κ3) is 5.37. The Balaban J connectivity index is 2.14. The molecular weight excluding hydrogens is 370 g/mol. The van der Waals surface area contributed by atoms with Gasteiger partial charge in [0, 0.05) is 12.4 Å². The van der Waals surface area contributed by atoms with E-state index in [-0.39, 0.29) is 6.04 Å². The Kier molecular flexibility index (Phi) is 7.31. The molecule has 0 bridgehead atoms. The van der Waals surface area contributed by atoms with Gasteiger partial charge in [0.05, 0.1) is 23.7 Å². The fourth-order valence-electron chi connectivity index (χ4n) is 2.11. The fraction of sp³-hybridized carbons (Fsp3) is 0.444. The van der Waals surface area contributed by atoms with Crippen LogP contribution in [0.2, 0.25) is 0 Å². The van der Waals surface area contributed by atoms with Crippen LogP contribution in [0.4, 0.5) is 5.95 Å². The van der Waals surface area contributed by atoms with Crippen molar-refractivity contribution in [3.8, 4) is 11.5 Å². The lowest BCUT2D eigenvalue weighted by Crippen LogP contribution is -2.10. The molecule has 1 heterocycles. The number of nitrogens with zero attached hydrogens (tertiary/aromatic N) is 2. The quantitative estimate of drug-likeness (QED) is 0.650. The molecule has 1 atom stereocenters. The largest absolute Gasteiger partial charge is 0.490 e. The van der Waals surface area contributed by atoms with Crippen LogP contribution in [0.5, 0.6) is 11.5 Å². The van der Waals surface area contributed by atoms with Gasteiger partial charge in [0.25, 0.3) is 0 Å². The van der Waals surface area contributed by atoms with Crippen molar-refractivity contribution in [3.05, 3.63) is 40.6 Å². The molecule has 130 valence electrons. The number of anilines is 1. The monoisotopic (exact) mass is 393 g/mol. The molecule has 0 amide bonds.